The van der Waals surface area contributed by atoms with Gasteiger partial charge in [-0.05, 0) is 19.4 Å². The highest BCUT2D eigenvalue weighted by atomic mass is 16.2. The molecule has 0 spiro atoms. The summed E-state index contributed by atoms with van der Waals surface area (Å²) in [5.41, 5.74) is 6.95. The zero-order chi connectivity index (χ0) is 13.8. The van der Waals surface area contributed by atoms with Crippen molar-refractivity contribution in [1.82, 2.24) is 9.80 Å². The van der Waals surface area contributed by atoms with Crippen molar-refractivity contribution in [3.8, 4) is 0 Å². The summed E-state index contributed by atoms with van der Waals surface area (Å²) in [6.45, 7) is 7.80. The molecule has 1 atom stereocenters. The lowest BCUT2D eigenvalue weighted by atomic mass is 10.1. The van der Waals surface area contributed by atoms with E-state index < -0.39 is 6.04 Å². The Morgan fingerprint density at radius 2 is 1.68 bits per heavy atom. The van der Waals surface area contributed by atoms with Crippen LogP contribution in [0.15, 0.2) is 30.3 Å². The van der Waals surface area contributed by atoms with Gasteiger partial charge < -0.3 is 10.6 Å². The van der Waals surface area contributed by atoms with Gasteiger partial charge in [0.25, 0.3) is 0 Å². The zero-order valence-corrected chi connectivity index (χ0v) is 11.7. The van der Waals surface area contributed by atoms with Crippen LogP contribution in [0.1, 0.15) is 25.5 Å². The van der Waals surface area contributed by atoms with Crippen LogP contribution < -0.4 is 5.73 Å². The average molecular weight is 261 g/mol. The Hall–Kier alpha value is -1.39. The summed E-state index contributed by atoms with van der Waals surface area (Å²) in [7, 11) is 0. The van der Waals surface area contributed by atoms with E-state index in [1.54, 1.807) is 0 Å². The highest BCUT2D eigenvalue weighted by Gasteiger charge is 2.26. The number of piperazine rings is 1. The standard InChI is InChI=1S/C15H23N3O/c1-12(2)17-8-10-18(11-9-17)15(19)14(16)13-6-4-3-5-7-13/h3-7,12,14H,8-11,16H2,1-2H3. The third-order valence-electron chi connectivity index (χ3n) is 3.78. The first-order chi connectivity index (χ1) is 9.09. The van der Waals surface area contributed by atoms with Crippen LogP contribution >= 0.6 is 0 Å². The minimum absolute atomic E-state index is 0.0367. The molecule has 2 N–H and O–H groups in total. The van der Waals surface area contributed by atoms with Gasteiger partial charge >= 0.3 is 0 Å². The van der Waals surface area contributed by atoms with Crippen LogP contribution in [-0.4, -0.2) is 47.9 Å². The number of carbonyl (C=O) groups excluding carboxylic acids is 1. The Kier molecular flexibility index (Phi) is 4.56. The molecule has 1 saturated heterocycles. The summed E-state index contributed by atoms with van der Waals surface area (Å²) in [4.78, 5) is 16.6. The molecule has 1 aliphatic rings. The smallest absolute Gasteiger partial charge is 0.244 e. The number of hydrogen-bond donors (Lipinski definition) is 1. The molecule has 1 aromatic carbocycles. The molecule has 2 rings (SSSR count). The quantitative estimate of drug-likeness (QED) is 0.890. The van der Waals surface area contributed by atoms with E-state index in [1.807, 2.05) is 35.2 Å². The van der Waals surface area contributed by atoms with Gasteiger partial charge in [0.15, 0.2) is 0 Å². The third-order valence-corrected chi connectivity index (χ3v) is 3.78. The Morgan fingerprint density at radius 3 is 2.21 bits per heavy atom. The molecular weight excluding hydrogens is 238 g/mol. The molecule has 0 aliphatic carbocycles. The lowest BCUT2D eigenvalue weighted by Gasteiger charge is -2.37. The molecule has 19 heavy (non-hydrogen) atoms. The van der Waals surface area contributed by atoms with Crippen LogP contribution in [0.2, 0.25) is 0 Å². The predicted octanol–water partition coefficient (Wildman–Crippen LogP) is 1.24. The van der Waals surface area contributed by atoms with Gasteiger partial charge in [0.1, 0.15) is 6.04 Å². The van der Waals surface area contributed by atoms with Crippen LogP contribution in [0, 0.1) is 0 Å². The van der Waals surface area contributed by atoms with E-state index in [0.717, 1.165) is 31.7 Å². The van der Waals surface area contributed by atoms with E-state index >= 15 is 0 Å². The van der Waals surface area contributed by atoms with Crippen molar-refractivity contribution in [3.05, 3.63) is 35.9 Å². The highest BCUT2D eigenvalue weighted by molar-refractivity contribution is 5.83. The summed E-state index contributed by atoms with van der Waals surface area (Å²) in [5, 5.41) is 0. The first-order valence-electron chi connectivity index (χ1n) is 6.93. The van der Waals surface area contributed by atoms with Gasteiger partial charge in [0.05, 0.1) is 0 Å². The van der Waals surface area contributed by atoms with Crippen molar-refractivity contribution in [3.63, 3.8) is 0 Å². The molecule has 0 saturated carbocycles. The zero-order valence-electron chi connectivity index (χ0n) is 11.7. The van der Waals surface area contributed by atoms with Gasteiger partial charge in [0.2, 0.25) is 5.91 Å². The van der Waals surface area contributed by atoms with E-state index in [2.05, 4.69) is 18.7 Å². The maximum absolute atomic E-state index is 12.4. The second-order valence-electron chi connectivity index (χ2n) is 5.34. The normalized spacial score (nSPS) is 18.6. The minimum Gasteiger partial charge on any atom is -0.338 e. The average Bonchev–Trinajstić information content (AvgIpc) is 2.46. The molecule has 0 bridgehead atoms. The molecule has 1 amide bonds. The largest absolute Gasteiger partial charge is 0.338 e. The molecule has 1 heterocycles. The summed E-state index contributed by atoms with van der Waals surface area (Å²) in [6, 6.07) is 9.59. The fourth-order valence-electron chi connectivity index (χ4n) is 2.46. The molecule has 1 fully saturated rings. The van der Waals surface area contributed by atoms with Gasteiger partial charge in [-0.25, -0.2) is 0 Å². The molecule has 0 aromatic heterocycles. The van der Waals surface area contributed by atoms with E-state index in [1.165, 1.54) is 0 Å². The van der Waals surface area contributed by atoms with Gasteiger partial charge in [0, 0.05) is 32.2 Å². The molecule has 4 heteroatoms. The van der Waals surface area contributed by atoms with E-state index in [9.17, 15) is 4.79 Å². The van der Waals surface area contributed by atoms with Crippen LogP contribution in [0.4, 0.5) is 0 Å². The van der Waals surface area contributed by atoms with Gasteiger partial charge in [-0.15, -0.1) is 0 Å². The molecular formula is C15H23N3O. The Morgan fingerprint density at radius 1 is 1.11 bits per heavy atom. The summed E-state index contributed by atoms with van der Waals surface area (Å²) in [6.07, 6.45) is 0. The van der Waals surface area contributed by atoms with E-state index in [0.29, 0.717) is 6.04 Å². The number of hydrogen-bond acceptors (Lipinski definition) is 3. The molecule has 4 nitrogen and oxygen atoms in total. The highest BCUT2D eigenvalue weighted by Crippen LogP contribution is 2.15. The van der Waals surface area contributed by atoms with E-state index in [4.69, 9.17) is 5.73 Å². The van der Waals surface area contributed by atoms with Crippen molar-refractivity contribution in [2.75, 3.05) is 26.2 Å². The first kappa shape index (κ1) is 14.0. The number of amides is 1. The summed E-state index contributed by atoms with van der Waals surface area (Å²) < 4.78 is 0. The van der Waals surface area contributed by atoms with Crippen LogP contribution in [-0.2, 0) is 4.79 Å². The fourth-order valence-corrected chi connectivity index (χ4v) is 2.46. The summed E-state index contributed by atoms with van der Waals surface area (Å²) >= 11 is 0. The van der Waals surface area contributed by atoms with Crippen LogP contribution in [0.25, 0.3) is 0 Å². The molecule has 104 valence electrons. The van der Waals surface area contributed by atoms with Crippen molar-refractivity contribution in [2.45, 2.75) is 25.9 Å². The van der Waals surface area contributed by atoms with E-state index in [-0.39, 0.29) is 5.91 Å². The number of nitrogens with two attached hydrogens (primary N) is 1. The third kappa shape index (κ3) is 3.33. The number of benzene rings is 1. The Bertz CT molecular complexity index is 411. The minimum atomic E-state index is -0.535. The van der Waals surface area contributed by atoms with Crippen molar-refractivity contribution in [1.29, 1.82) is 0 Å². The SMILES string of the molecule is CC(C)N1CCN(C(=O)C(N)c2ccccc2)CC1. The maximum atomic E-state index is 12.4. The van der Waals surface area contributed by atoms with Crippen molar-refractivity contribution < 1.29 is 4.79 Å². The summed E-state index contributed by atoms with van der Waals surface area (Å²) in [5.74, 6) is 0.0367. The molecule has 1 aromatic rings. The lowest BCUT2D eigenvalue weighted by molar-refractivity contribution is -0.134. The number of nitrogens with zero attached hydrogens (tertiary/aromatic N) is 2. The number of carbonyl (C=O) groups is 1. The maximum Gasteiger partial charge on any atom is 0.244 e. The lowest BCUT2D eigenvalue weighted by Crippen LogP contribution is -2.52. The monoisotopic (exact) mass is 261 g/mol. The Balaban J connectivity index is 1.94. The second kappa shape index (κ2) is 6.17. The molecule has 1 aliphatic heterocycles. The second-order valence-corrected chi connectivity index (χ2v) is 5.34. The van der Waals surface area contributed by atoms with Crippen molar-refractivity contribution in [2.24, 2.45) is 5.73 Å². The number of rotatable bonds is 3. The molecule has 1 unspecified atom stereocenters. The van der Waals surface area contributed by atoms with Crippen molar-refractivity contribution >= 4 is 5.91 Å². The predicted molar refractivity (Wildman–Crippen MR) is 76.7 cm³/mol. The Labute approximate surface area is 115 Å². The van der Waals surface area contributed by atoms with Gasteiger partial charge in [-0.2, -0.15) is 0 Å². The van der Waals surface area contributed by atoms with Crippen LogP contribution in [0.3, 0.4) is 0 Å². The first-order valence-corrected chi connectivity index (χ1v) is 6.93. The van der Waals surface area contributed by atoms with Crippen LogP contribution in [0.5, 0.6) is 0 Å². The molecule has 0 radical (unpaired) electrons. The fraction of sp³-hybridized carbons (Fsp3) is 0.533. The van der Waals surface area contributed by atoms with Gasteiger partial charge in [-0.3, -0.25) is 9.69 Å². The topological polar surface area (TPSA) is 49.6 Å². The van der Waals surface area contributed by atoms with Gasteiger partial charge in [-0.1, -0.05) is 30.3 Å².